The molecule has 1 aromatic rings. The molecule has 6 nitrogen and oxygen atoms in total. The number of nitrogens with two attached hydrogens (primary N) is 1. The van der Waals surface area contributed by atoms with Crippen LogP contribution in [0.15, 0.2) is 27.7 Å². The monoisotopic (exact) mass is 376 g/mol. The fraction of sp³-hybridized carbons (Fsp3) is 0.400. The van der Waals surface area contributed by atoms with Crippen molar-refractivity contribution in [1.29, 1.82) is 10.5 Å². The lowest BCUT2D eigenvalue weighted by molar-refractivity contribution is -0.184. The van der Waals surface area contributed by atoms with Crippen molar-refractivity contribution in [2.75, 3.05) is 13.2 Å². The molecule has 0 aromatic heterocycles. The molecular formula is C15H10BrFN4O2. The van der Waals surface area contributed by atoms with Gasteiger partial charge in [0.05, 0.1) is 29.8 Å². The van der Waals surface area contributed by atoms with Crippen molar-refractivity contribution in [2.24, 2.45) is 21.6 Å². The van der Waals surface area contributed by atoms with Crippen LogP contribution in [0.2, 0.25) is 0 Å². The number of nitriles is 2. The predicted octanol–water partition coefficient (Wildman–Crippen LogP) is 1.78. The minimum Gasteiger partial charge on any atom is -0.386 e. The summed E-state index contributed by atoms with van der Waals surface area (Å²) < 4.78 is 25.0. The third-order valence-electron chi connectivity index (χ3n) is 4.88. The molecule has 2 heterocycles. The fourth-order valence-corrected chi connectivity index (χ4v) is 4.31. The highest BCUT2D eigenvalue weighted by molar-refractivity contribution is 9.10. The summed E-state index contributed by atoms with van der Waals surface area (Å²) in [5.74, 6) is -2.57. The van der Waals surface area contributed by atoms with Crippen LogP contribution in [-0.4, -0.2) is 25.0 Å². The van der Waals surface area contributed by atoms with Gasteiger partial charge in [-0.25, -0.2) is 9.38 Å². The third-order valence-corrected chi connectivity index (χ3v) is 5.49. The number of nitrogens with zero attached hydrogens (tertiary/aromatic N) is 3. The highest BCUT2D eigenvalue weighted by atomic mass is 79.9. The number of hydrogen-bond acceptors (Lipinski definition) is 6. The molecule has 2 N–H and O–H groups in total. The molecule has 3 aliphatic rings. The minimum atomic E-state index is -1.56. The lowest BCUT2D eigenvalue weighted by atomic mass is 9.94. The number of benzene rings is 1. The Morgan fingerprint density at radius 1 is 1.30 bits per heavy atom. The minimum absolute atomic E-state index is 0.0221. The molecule has 1 spiro atoms. The van der Waals surface area contributed by atoms with Crippen molar-refractivity contribution in [2.45, 2.75) is 11.8 Å². The zero-order chi connectivity index (χ0) is 16.5. The fourth-order valence-electron chi connectivity index (χ4n) is 3.91. The largest absolute Gasteiger partial charge is 0.386 e. The van der Waals surface area contributed by atoms with E-state index in [-0.39, 0.29) is 23.5 Å². The van der Waals surface area contributed by atoms with Crippen LogP contribution in [0.3, 0.4) is 0 Å². The summed E-state index contributed by atoms with van der Waals surface area (Å²) in [6, 6.07) is 8.68. The molecule has 0 amide bonds. The quantitative estimate of drug-likeness (QED) is 0.803. The second-order valence-corrected chi connectivity index (χ2v) is 6.58. The SMILES string of the molecule is N#C[C@@]12C(N)=NC3(OCCO3)[C@]1(C#N)[C@H]2c1ccc(F)c(Br)c1. The second kappa shape index (κ2) is 4.30. The van der Waals surface area contributed by atoms with Gasteiger partial charge in [0.25, 0.3) is 5.91 Å². The Morgan fingerprint density at radius 3 is 2.57 bits per heavy atom. The molecule has 8 heteroatoms. The Labute approximate surface area is 139 Å². The van der Waals surface area contributed by atoms with Crippen molar-refractivity contribution in [3.05, 3.63) is 34.1 Å². The van der Waals surface area contributed by atoms with Crippen molar-refractivity contribution in [3.8, 4) is 12.1 Å². The molecule has 4 rings (SSSR count). The molecule has 1 saturated carbocycles. The van der Waals surface area contributed by atoms with E-state index in [0.29, 0.717) is 5.56 Å². The van der Waals surface area contributed by atoms with Crippen LogP contribution in [0, 0.1) is 39.3 Å². The van der Waals surface area contributed by atoms with Gasteiger partial charge in [0.2, 0.25) is 0 Å². The molecule has 1 saturated heterocycles. The smallest absolute Gasteiger partial charge is 0.293 e. The Kier molecular flexibility index (Phi) is 2.72. The predicted molar refractivity (Wildman–Crippen MR) is 79.2 cm³/mol. The van der Waals surface area contributed by atoms with Gasteiger partial charge in [-0.2, -0.15) is 10.5 Å². The van der Waals surface area contributed by atoms with Crippen molar-refractivity contribution in [3.63, 3.8) is 0 Å². The number of halogens is 2. The van der Waals surface area contributed by atoms with E-state index in [1.54, 1.807) is 6.07 Å². The maximum Gasteiger partial charge on any atom is 0.293 e. The van der Waals surface area contributed by atoms with E-state index in [0.717, 1.165) is 0 Å². The number of fused-ring (bicyclic) bond motifs is 2. The number of amidine groups is 1. The first-order valence-corrected chi connectivity index (χ1v) is 7.69. The summed E-state index contributed by atoms with van der Waals surface area (Å²) in [5, 5.41) is 19.7. The first kappa shape index (κ1) is 14.6. The Balaban J connectivity index is 1.93. The molecule has 1 aromatic carbocycles. The van der Waals surface area contributed by atoms with E-state index in [4.69, 9.17) is 15.2 Å². The Morgan fingerprint density at radius 2 is 2.00 bits per heavy atom. The van der Waals surface area contributed by atoms with Crippen molar-refractivity contribution < 1.29 is 13.9 Å². The Hall–Kier alpha value is -2.00. The highest BCUT2D eigenvalue weighted by Crippen LogP contribution is 2.82. The topological polar surface area (TPSA) is 104 Å². The lowest BCUT2D eigenvalue weighted by Crippen LogP contribution is -2.38. The number of rotatable bonds is 1. The first-order chi connectivity index (χ1) is 11.0. The van der Waals surface area contributed by atoms with Gasteiger partial charge >= 0.3 is 0 Å². The molecule has 1 aliphatic carbocycles. The van der Waals surface area contributed by atoms with Gasteiger partial charge in [0, 0.05) is 5.92 Å². The zero-order valence-corrected chi connectivity index (χ0v) is 13.3. The van der Waals surface area contributed by atoms with Crippen LogP contribution < -0.4 is 5.73 Å². The molecule has 0 radical (unpaired) electrons. The number of hydrogen-bond donors (Lipinski definition) is 1. The number of ether oxygens (including phenoxy) is 2. The molecule has 2 fully saturated rings. The van der Waals surface area contributed by atoms with E-state index < -0.39 is 28.5 Å². The van der Waals surface area contributed by atoms with E-state index in [2.05, 4.69) is 33.1 Å². The first-order valence-electron chi connectivity index (χ1n) is 6.90. The zero-order valence-electron chi connectivity index (χ0n) is 11.7. The van der Waals surface area contributed by atoms with Crippen LogP contribution in [-0.2, 0) is 9.47 Å². The van der Waals surface area contributed by atoms with Gasteiger partial charge in [-0.1, -0.05) is 6.07 Å². The molecular weight excluding hydrogens is 367 g/mol. The molecule has 23 heavy (non-hydrogen) atoms. The van der Waals surface area contributed by atoms with E-state index >= 15 is 0 Å². The van der Waals surface area contributed by atoms with Crippen LogP contribution in [0.4, 0.5) is 4.39 Å². The summed E-state index contributed by atoms with van der Waals surface area (Å²) in [4.78, 5) is 4.17. The van der Waals surface area contributed by atoms with Gasteiger partial charge in [0.1, 0.15) is 17.1 Å². The molecule has 116 valence electrons. The van der Waals surface area contributed by atoms with E-state index in [1.165, 1.54) is 12.1 Å². The number of aliphatic imine (C=N–C) groups is 1. The molecule has 3 atom stereocenters. The van der Waals surface area contributed by atoms with Gasteiger partial charge in [-0.3, -0.25) is 0 Å². The van der Waals surface area contributed by atoms with Crippen LogP contribution in [0.5, 0.6) is 0 Å². The summed E-state index contributed by atoms with van der Waals surface area (Å²) in [7, 11) is 0. The summed E-state index contributed by atoms with van der Waals surface area (Å²) in [5.41, 5.74) is 3.92. The summed E-state index contributed by atoms with van der Waals surface area (Å²) >= 11 is 3.13. The van der Waals surface area contributed by atoms with Crippen molar-refractivity contribution in [1.82, 2.24) is 0 Å². The highest BCUT2D eigenvalue weighted by Gasteiger charge is 2.94. The van der Waals surface area contributed by atoms with Gasteiger partial charge in [0.15, 0.2) is 5.41 Å². The Bertz CT molecular complexity index is 839. The summed E-state index contributed by atoms with van der Waals surface area (Å²) in [6.45, 7) is 0.531. The second-order valence-electron chi connectivity index (χ2n) is 5.72. The molecule has 0 bridgehead atoms. The average Bonchev–Trinajstić information content (AvgIpc) is 2.79. The summed E-state index contributed by atoms with van der Waals surface area (Å²) in [6.07, 6.45) is 0. The third kappa shape index (κ3) is 1.36. The van der Waals surface area contributed by atoms with Gasteiger partial charge in [-0.15, -0.1) is 0 Å². The van der Waals surface area contributed by atoms with E-state index in [1.807, 2.05) is 0 Å². The molecule has 2 aliphatic heterocycles. The normalized spacial score (nSPS) is 36.2. The average molecular weight is 377 g/mol. The van der Waals surface area contributed by atoms with Crippen molar-refractivity contribution >= 4 is 21.8 Å². The standard InChI is InChI=1S/C15H10BrFN4O2/c16-9-5-8(1-2-10(9)17)11-13(6-18)12(20)21-15(14(11,13)7-19)22-3-4-23-15/h1-2,5,11H,3-4H2,(H2,20,21)/t11-,13+,14+/m0/s1. The van der Waals surface area contributed by atoms with Crippen LogP contribution in [0.25, 0.3) is 0 Å². The lowest BCUT2D eigenvalue weighted by Gasteiger charge is -2.25. The van der Waals surface area contributed by atoms with Gasteiger partial charge < -0.3 is 15.2 Å². The van der Waals surface area contributed by atoms with E-state index in [9.17, 15) is 14.9 Å². The van der Waals surface area contributed by atoms with Crippen LogP contribution >= 0.6 is 15.9 Å². The van der Waals surface area contributed by atoms with Gasteiger partial charge in [-0.05, 0) is 33.6 Å². The maximum atomic E-state index is 13.5. The maximum absolute atomic E-state index is 13.5. The molecule has 0 unspecified atom stereocenters. The van der Waals surface area contributed by atoms with Crippen LogP contribution in [0.1, 0.15) is 11.5 Å².